The quantitative estimate of drug-likeness (QED) is 0.717. The molecule has 0 amide bonds. The minimum Gasteiger partial charge on any atom is -0.457 e. The van der Waals surface area contributed by atoms with Crippen molar-refractivity contribution in [1.29, 1.82) is 0 Å². The molecule has 0 fully saturated rings. The van der Waals surface area contributed by atoms with Crippen LogP contribution in [0.4, 0.5) is 5.82 Å². The van der Waals surface area contributed by atoms with Crippen LogP contribution in [0.5, 0.6) is 0 Å². The van der Waals surface area contributed by atoms with Gasteiger partial charge in [-0.1, -0.05) is 0 Å². The molecule has 3 aromatic heterocycles. The predicted molar refractivity (Wildman–Crippen MR) is 63.7 cm³/mol. The zero-order valence-corrected chi connectivity index (χ0v) is 9.65. The highest BCUT2D eigenvalue weighted by Crippen LogP contribution is 2.28. The first-order chi connectivity index (χ1) is 7.74. The number of hydrogen-bond donors (Lipinski definition) is 2. The number of imidazole rings is 1. The normalized spacial score (nSPS) is 11.1. The summed E-state index contributed by atoms with van der Waals surface area (Å²) in [6.45, 7) is 0. The Kier molecular flexibility index (Phi) is 1.97. The van der Waals surface area contributed by atoms with Gasteiger partial charge < -0.3 is 15.1 Å². The van der Waals surface area contributed by atoms with Crippen molar-refractivity contribution in [3.8, 4) is 11.4 Å². The molecule has 80 valence electrons. The largest absolute Gasteiger partial charge is 0.457 e. The smallest absolute Gasteiger partial charge is 0.180 e. The first kappa shape index (κ1) is 9.41. The van der Waals surface area contributed by atoms with Gasteiger partial charge in [-0.05, 0) is 34.1 Å². The number of anilines is 1. The number of H-pyrrole nitrogens is 1. The summed E-state index contributed by atoms with van der Waals surface area (Å²) < 4.78 is 5.79. The molecule has 0 aromatic carbocycles. The molecule has 0 radical (unpaired) electrons. The Morgan fingerprint density at radius 3 is 2.88 bits per heavy atom. The first-order valence-electron chi connectivity index (χ1n) is 4.59. The summed E-state index contributed by atoms with van der Waals surface area (Å²) in [5, 5.41) is 0. The van der Waals surface area contributed by atoms with Crippen LogP contribution < -0.4 is 5.73 Å². The Hall–Kier alpha value is -1.82. The van der Waals surface area contributed by atoms with Gasteiger partial charge in [-0.3, -0.25) is 0 Å². The van der Waals surface area contributed by atoms with Crippen LogP contribution in [0.25, 0.3) is 22.6 Å². The standard InChI is InChI=1S/C10H7BrN4O/c11-8-5(3-4-16-8)9-13-6-1-2-7(12)14-10(6)15-9/h1-4H,(H3,12,13,14,15). The number of aromatic nitrogens is 3. The Labute approximate surface area is 98.8 Å². The van der Waals surface area contributed by atoms with Crippen LogP contribution in [-0.2, 0) is 0 Å². The number of furan rings is 1. The summed E-state index contributed by atoms with van der Waals surface area (Å²) in [7, 11) is 0. The number of nitrogens with one attached hydrogen (secondary N) is 1. The zero-order chi connectivity index (χ0) is 11.1. The van der Waals surface area contributed by atoms with E-state index in [-0.39, 0.29) is 0 Å². The lowest BCUT2D eigenvalue weighted by molar-refractivity contribution is 0.542. The maximum Gasteiger partial charge on any atom is 0.180 e. The van der Waals surface area contributed by atoms with Gasteiger partial charge in [-0.25, -0.2) is 9.97 Å². The fourth-order valence-electron chi connectivity index (χ4n) is 1.50. The maximum absolute atomic E-state index is 5.59. The van der Waals surface area contributed by atoms with Crippen molar-refractivity contribution in [1.82, 2.24) is 15.0 Å². The second kappa shape index (κ2) is 3.34. The molecule has 3 N–H and O–H groups in total. The van der Waals surface area contributed by atoms with Gasteiger partial charge in [-0.15, -0.1) is 0 Å². The van der Waals surface area contributed by atoms with E-state index in [4.69, 9.17) is 10.2 Å². The zero-order valence-electron chi connectivity index (χ0n) is 8.07. The van der Waals surface area contributed by atoms with E-state index in [1.165, 1.54) is 0 Å². The van der Waals surface area contributed by atoms with Crippen molar-refractivity contribution in [3.05, 3.63) is 29.1 Å². The molecule has 16 heavy (non-hydrogen) atoms. The number of fused-ring (bicyclic) bond motifs is 1. The molecule has 3 heterocycles. The van der Waals surface area contributed by atoms with E-state index in [0.717, 1.165) is 11.1 Å². The topological polar surface area (TPSA) is 80.7 Å². The average Bonchev–Trinajstić information content (AvgIpc) is 2.82. The van der Waals surface area contributed by atoms with Crippen molar-refractivity contribution < 1.29 is 4.42 Å². The Morgan fingerprint density at radius 2 is 2.12 bits per heavy atom. The number of nitrogens with zero attached hydrogens (tertiary/aromatic N) is 2. The number of nitrogens with two attached hydrogens (primary N) is 1. The van der Waals surface area contributed by atoms with Crippen LogP contribution in [0.15, 0.2) is 33.5 Å². The van der Waals surface area contributed by atoms with Gasteiger partial charge in [0.1, 0.15) is 11.6 Å². The summed E-state index contributed by atoms with van der Waals surface area (Å²) in [6, 6.07) is 5.40. The van der Waals surface area contributed by atoms with E-state index < -0.39 is 0 Å². The minimum absolute atomic E-state index is 0.455. The van der Waals surface area contributed by atoms with E-state index in [9.17, 15) is 0 Å². The van der Waals surface area contributed by atoms with E-state index in [1.807, 2.05) is 12.1 Å². The molecule has 0 atom stereocenters. The van der Waals surface area contributed by atoms with Crippen LogP contribution in [0.2, 0.25) is 0 Å². The summed E-state index contributed by atoms with van der Waals surface area (Å²) in [4.78, 5) is 11.6. The maximum atomic E-state index is 5.59. The van der Waals surface area contributed by atoms with Gasteiger partial charge in [-0.2, -0.15) is 0 Å². The molecule has 6 heteroatoms. The highest BCUT2D eigenvalue weighted by atomic mass is 79.9. The van der Waals surface area contributed by atoms with Crippen molar-refractivity contribution in [2.45, 2.75) is 0 Å². The van der Waals surface area contributed by atoms with Crippen molar-refractivity contribution in [3.63, 3.8) is 0 Å². The molecule has 0 aliphatic rings. The molecule has 3 aromatic rings. The van der Waals surface area contributed by atoms with Gasteiger partial charge in [0.15, 0.2) is 10.3 Å². The highest BCUT2D eigenvalue weighted by Gasteiger charge is 2.11. The Balaban J connectivity index is 2.23. The molecular weight excluding hydrogens is 272 g/mol. The van der Waals surface area contributed by atoms with Crippen molar-refractivity contribution >= 4 is 32.9 Å². The summed E-state index contributed by atoms with van der Waals surface area (Å²) >= 11 is 3.30. The lowest BCUT2D eigenvalue weighted by Crippen LogP contribution is -1.88. The summed E-state index contributed by atoms with van der Waals surface area (Å²) in [5.41, 5.74) is 7.89. The molecule has 5 nitrogen and oxygen atoms in total. The van der Waals surface area contributed by atoms with Gasteiger partial charge >= 0.3 is 0 Å². The third kappa shape index (κ3) is 1.38. The number of pyridine rings is 1. The van der Waals surface area contributed by atoms with Crippen molar-refractivity contribution in [2.24, 2.45) is 0 Å². The molecule has 0 aliphatic carbocycles. The van der Waals surface area contributed by atoms with Crippen molar-refractivity contribution in [2.75, 3.05) is 5.73 Å². The third-order valence-corrected chi connectivity index (χ3v) is 2.85. The summed E-state index contributed by atoms with van der Waals surface area (Å²) in [5.74, 6) is 1.16. The fourth-order valence-corrected chi connectivity index (χ4v) is 1.93. The van der Waals surface area contributed by atoms with Crippen LogP contribution >= 0.6 is 15.9 Å². The molecule has 0 bridgehead atoms. The monoisotopic (exact) mass is 278 g/mol. The molecule has 0 aliphatic heterocycles. The second-order valence-corrected chi connectivity index (χ2v) is 4.02. The predicted octanol–water partition coefficient (Wildman–Crippen LogP) is 2.56. The molecule has 0 spiro atoms. The second-order valence-electron chi connectivity index (χ2n) is 3.30. The molecule has 3 rings (SSSR count). The van der Waals surface area contributed by atoms with E-state index in [0.29, 0.717) is 22.0 Å². The first-order valence-corrected chi connectivity index (χ1v) is 5.39. The van der Waals surface area contributed by atoms with Crippen LogP contribution in [-0.4, -0.2) is 15.0 Å². The number of aromatic amines is 1. The fraction of sp³-hybridized carbons (Fsp3) is 0. The molecule has 0 saturated carbocycles. The van der Waals surface area contributed by atoms with Crippen LogP contribution in [0.3, 0.4) is 0 Å². The molecule has 0 unspecified atom stereocenters. The average molecular weight is 279 g/mol. The summed E-state index contributed by atoms with van der Waals surface area (Å²) in [6.07, 6.45) is 1.59. The number of nitrogen functional groups attached to an aromatic ring is 1. The Morgan fingerprint density at radius 1 is 1.25 bits per heavy atom. The van der Waals surface area contributed by atoms with Crippen LogP contribution in [0, 0.1) is 0 Å². The molecule has 0 saturated heterocycles. The van der Waals surface area contributed by atoms with Gasteiger partial charge in [0.25, 0.3) is 0 Å². The minimum atomic E-state index is 0.455. The van der Waals surface area contributed by atoms with Gasteiger partial charge in [0, 0.05) is 0 Å². The number of hydrogen-bond acceptors (Lipinski definition) is 4. The number of halogens is 1. The van der Waals surface area contributed by atoms with Crippen LogP contribution in [0.1, 0.15) is 0 Å². The van der Waals surface area contributed by atoms with E-state index in [2.05, 4.69) is 30.9 Å². The van der Waals surface area contributed by atoms with Gasteiger partial charge in [0.2, 0.25) is 0 Å². The van der Waals surface area contributed by atoms with E-state index in [1.54, 1.807) is 12.3 Å². The Bertz CT molecular complexity index is 658. The number of rotatable bonds is 1. The third-order valence-electron chi connectivity index (χ3n) is 2.24. The molecular formula is C10H7BrN4O. The van der Waals surface area contributed by atoms with E-state index >= 15 is 0 Å². The lowest BCUT2D eigenvalue weighted by atomic mass is 10.3. The lowest BCUT2D eigenvalue weighted by Gasteiger charge is -1.89. The SMILES string of the molecule is Nc1ccc2[nH]c(-c3ccoc3Br)nc2n1. The highest BCUT2D eigenvalue weighted by molar-refractivity contribution is 9.10. The van der Waals surface area contributed by atoms with Gasteiger partial charge in [0.05, 0.1) is 17.3 Å².